The third kappa shape index (κ3) is 2.32. The van der Waals surface area contributed by atoms with Gasteiger partial charge < -0.3 is 9.47 Å². The molecule has 18 heavy (non-hydrogen) atoms. The largest absolute Gasteiger partial charge is 0.496 e. The Hall–Kier alpha value is -2.36. The van der Waals surface area contributed by atoms with E-state index in [1.54, 1.807) is 19.4 Å². The van der Waals surface area contributed by atoms with E-state index in [2.05, 4.69) is 9.72 Å². The van der Waals surface area contributed by atoms with Gasteiger partial charge in [0, 0.05) is 17.8 Å². The molecule has 0 aliphatic rings. The Balaban J connectivity index is 2.47. The van der Waals surface area contributed by atoms with E-state index in [0.29, 0.717) is 5.75 Å². The summed E-state index contributed by atoms with van der Waals surface area (Å²) in [7, 11) is 2.88. The summed E-state index contributed by atoms with van der Waals surface area (Å²) in [5.74, 6) is 0.115. The Morgan fingerprint density at radius 1 is 1.17 bits per heavy atom. The summed E-state index contributed by atoms with van der Waals surface area (Å²) in [6, 6.07) is 11.3. The van der Waals surface area contributed by atoms with E-state index in [9.17, 15) is 4.79 Å². The van der Waals surface area contributed by atoms with Gasteiger partial charge in [-0.15, -0.1) is 0 Å². The van der Waals surface area contributed by atoms with Crippen LogP contribution in [0.1, 0.15) is 10.5 Å². The summed E-state index contributed by atoms with van der Waals surface area (Å²) in [4.78, 5) is 15.5. The van der Waals surface area contributed by atoms with Crippen molar-refractivity contribution in [3.05, 3.63) is 48.3 Å². The van der Waals surface area contributed by atoms with Crippen LogP contribution >= 0.6 is 0 Å². The number of carbonyl (C=O) groups is 1. The van der Waals surface area contributed by atoms with Crippen molar-refractivity contribution >= 4 is 5.97 Å². The number of rotatable bonds is 3. The number of carbonyl (C=O) groups excluding carboxylic acids is 1. The van der Waals surface area contributed by atoms with Gasteiger partial charge >= 0.3 is 5.97 Å². The number of pyridine rings is 1. The molecule has 4 heteroatoms. The first kappa shape index (κ1) is 12.1. The van der Waals surface area contributed by atoms with E-state index >= 15 is 0 Å². The molecule has 0 saturated carbocycles. The van der Waals surface area contributed by atoms with Crippen LogP contribution in [0.4, 0.5) is 0 Å². The van der Waals surface area contributed by atoms with E-state index in [0.717, 1.165) is 11.1 Å². The molecule has 1 aromatic carbocycles. The van der Waals surface area contributed by atoms with Crippen molar-refractivity contribution in [2.24, 2.45) is 0 Å². The molecule has 0 fully saturated rings. The summed E-state index contributed by atoms with van der Waals surface area (Å²) in [5, 5.41) is 0. The number of benzene rings is 1. The molecular formula is C14H13NO3. The molecule has 0 amide bonds. The maximum Gasteiger partial charge on any atom is 0.356 e. The molecule has 0 saturated heterocycles. The first-order valence-corrected chi connectivity index (χ1v) is 5.44. The van der Waals surface area contributed by atoms with Gasteiger partial charge in [-0.3, -0.25) is 0 Å². The Kier molecular flexibility index (Phi) is 3.57. The highest BCUT2D eigenvalue weighted by atomic mass is 16.5. The number of hydrogen-bond donors (Lipinski definition) is 0. The summed E-state index contributed by atoms with van der Waals surface area (Å²) in [6.07, 6.45) is 1.61. The van der Waals surface area contributed by atoms with Crippen LogP contribution in [0.15, 0.2) is 42.6 Å². The molecule has 4 nitrogen and oxygen atoms in total. The summed E-state index contributed by atoms with van der Waals surface area (Å²) in [5.41, 5.74) is 2.05. The van der Waals surface area contributed by atoms with Crippen LogP contribution in [0.2, 0.25) is 0 Å². The minimum absolute atomic E-state index is 0.231. The average Bonchev–Trinajstić information content (AvgIpc) is 2.46. The van der Waals surface area contributed by atoms with Crippen molar-refractivity contribution in [1.29, 1.82) is 0 Å². The van der Waals surface area contributed by atoms with Crippen molar-refractivity contribution in [3.63, 3.8) is 0 Å². The van der Waals surface area contributed by atoms with Gasteiger partial charge in [-0.25, -0.2) is 9.78 Å². The fraction of sp³-hybridized carbons (Fsp3) is 0.143. The summed E-state index contributed by atoms with van der Waals surface area (Å²) in [6.45, 7) is 0. The molecule has 0 radical (unpaired) electrons. The maximum absolute atomic E-state index is 11.4. The smallest absolute Gasteiger partial charge is 0.356 e. The molecule has 0 spiro atoms. The topological polar surface area (TPSA) is 48.4 Å². The average molecular weight is 243 g/mol. The zero-order valence-electron chi connectivity index (χ0n) is 10.2. The predicted octanol–water partition coefficient (Wildman–Crippen LogP) is 2.54. The molecule has 0 aliphatic carbocycles. The molecular weight excluding hydrogens is 230 g/mol. The minimum atomic E-state index is -0.479. The molecule has 1 aromatic heterocycles. The monoisotopic (exact) mass is 243 g/mol. The van der Waals surface area contributed by atoms with Crippen molar-refractivity contribution < 1.29 is 14.3 Å². The zero-order valence-corrected chi connectivity index (χ0v) is 10.2. The lowest BCUT2D eigenvalue weighted by molar-refractivity contribution is 0.0593. The van der Waals surface area contributed by atoms with E-state index in [-0.39, 0.29) is 5.69 Å². The normalized spacial score (nSPS) is 9.89. The van der Waals surface area contributed by atoms with Gasteiger partial charge in [0.1, 0.15) is 5.75 Å². The highest BCUT2D eigenvalue weighted by molar-refractivity contribution is 5.88. The van der Waals surface area contributed by atoms with Gasteiger partial charge in [0.25, 0.3) is 0 Å². The first-order chi connectivity index (χ1) is 8.76. The van der Waals surface area contributed by atoms with Crippen LogP contribution in [0.5, 0.6) is 5.75 Å². The van der Waals surface area contributed by atoms with Crippen molar-refractivity contribution in [1.82, 2.24) is 4.98 Å². The fourth-order valence-electron chi connectivity index (χ4n) is 1.66. The van der Waals surface area contributed by atoms with Gasteiger partial charge in [-0.05, 0) is 5.56 Å². The first-order valence-electron chi connectivity index (χ1n) is 5.44. The molecule has 0 unspecified atom stereocenters. The van der Waals surface area contributed by atoms with Crippen LogP contribution in [0, 0.1) is 0 Å². The number of nitrogens with zero attached hydrogens (tertiary/aromatic N) is 1. The highest BCUT2D eigenvalue weighted by Gasteiger charge is 2.12. The molecule has 2 aromatic rings. The third-order valence-electron chi connectivity index (χ3n) is 2.57. The second-order valence-corrected chi connectivity index (χ2v) is 3.63. The molecule has 0 N–H and O–H groups in total. The van der Waals surface area contributed by atoms with Crippen molar-refractivity contribution in [2.75, 3.05) is 14.2 Å². The number of aromatic nitrogens is 1. The quantitative estimate of drug-likeness (QED) is 0.777. The van der Waals surface area contributed by atoms with Gasteiger partial charge in [-0.1, -0.05) is 30.3 Å². The highest BCUT2D eigenvalue weighted by Crippen LogP contribution is 2.29. The summed E-state index contributed by atoms with van der Waals surface area (Å²) >= 11 is 0. The van der Waals surface area contributed by atoms with E-state index in [1.807, 2.05) is 30.3 Å². The number of methoxy groups -OCH3 is 2. The van der Waals surface area contributed by atoms with Gasteiger partial charge in [-0.2, -0.15) is 0 Å². The van der Waals surface area contributed by atoms with Crippen LogP contribution in [-0.2, 0) is 4.74 Å². The summed E-state index contributed by atoms with van der Waals surface area (Å²) < 4.78 is 9.91. The van der Waals surface area contributed by atoms with Crippen molar-refractivity contribution in [2.45, 2.75) is 0 Å². The van der Waals surface area contributed by atoms with Gasteiger partial charge in [0.05, 0.1) is 14.2 Å². The SMILES string of the molecule is COC(=O)c1cc(OC)c(-c2ccccc2)cn1. The fourth-order valence-corrected chi connectivity index (χ4v) is 1.66. The molecule has 1 heterocycles. The maximum atomic E-state index is 11.4. The van der Waals surface area contributed by atoms with Gasteiger partial charge in [0.2, 0.25) is 0 Å². The molecule has 2 rings (SSSR count). The third-order valence-corrected chi connectivity index (χ3v) is 2.57. The Morgan fingerprint density at radius 3 is 2.50 bits per heavy atom. The minimum Gasteiger partial charge on any atom is -0.496 e. The Morgan fingerprint density at radius 2 is 1.89 bits per heavy atom. The lowest BCUT2D eigenvalue weighted by atomic mass is 10.1. The lowest BCUT2D eigenvalue weighted by Gasteiger charge is -2.09. The van der Waals surface area contributed by atoms with Crippen LogP contribution in [0.3, 0.4) is 0 Å². The second kappa shape index (κ2) is 5.31. The molecule has 0 atom stereocenters. The molecule has 0 aliphatic heterocycles. The van der Waals surface area contributed by atoms with Crippen LogP contribution in [-0.4, -0.2) is 25.2 Å². The van der Waals surface area contributed by atoms with Gasteiger partial charge in [0.15, 0.2) is 5.69 Å². The molecule has 92 valence electrons. The van der Waals surface area contributed by atoms with Crippen LogP contribution in [0.25, 0.3) is 11.1 Å². The van der Waals surface area contributed by atoms with E-state index in [1.165, 1.54) is 7.11 Å². The number of hydrogen-bond acceptors (Lipinski definition) is 4. The zero-order chi connectivity index (χ0) is 13.0. The van der Waals surface area contributed by atoms with E-state index < -0.39 is 5.97 Å². The molecule has 0 bridgehead atoms. The standard InChI is InChI=1S/C14H13NO3/c1-17-13-8-12(14(16)18-2)15-9-11(13)10-6-4-3-5-7-10/h3-9H,1-2H3. The second-order valence-electron chi connectivity index (χ2n) is 3.63. The van der Waals surface area contributed by atoms with Crippen molar-refractivity contribution in [3.8, 4) is 16.9 Å². The number of ether oxygens (including phenoxy) is 2. The van der Waals surface area contributed by atoms with Crippen LogP contribution < -0.4 is 4.74 Å². The lowest BCUT2D eigenvalue weighted by Crippen LogP contribution is -2.05. The Bertz CT molecular complexity index is 552. The number of esters is 1. The Labute approximate surface area is 105 Å². The predicted molar refractivity (Wildman–Crippen MR) is 67.6 cm³/mol. The van der Waals surface area contributed by atoms with E-state index in [4.69, 9.17) is 4.74 Å².